The largest absolute Gasteiger partial charge is 0.296 e. The van der Waals surface area contributed by atoms with Gasteiger partial charge in [0.05, 0.1) is 17.2 Å². The van der Waals surface area contributed by atoms with E-state index in [1.165, 1.54) is 0 Å². The zero-order valence-corrected chi connectivity index (χ0v) is 9.57. The molecule has 1 fully saturated rings. The molecule has 0 bridgehead atoms. The quantitative estimate of drug-likeness (QED) is 0.794. The van der Waals surface area contributed by atoms with Crippen molar-refractivity contribution in [2.45, 2.75) is 18.9 Å². The molecule has 3 nitrogen and oxygen atoms in total. The Morgan fingerprint density at radius 1 is 1.40 bits per heavy atom. The molecule has 76 valence electrons. The molecule has 1 aliphatic rings. The van der Waals surface area contributed by atoms with Crippen molar-refractivity contribution in [3.63, 3.8) is 0 Å². The lowest BCUT2D eigenvalue weighted by Crippen LogP contribution is -2.19. The van der Waals surface area contributed by atoms with E-state index in [-0.39, 0.29) is 5.56 Å². The van der Waals surface area contributed by atoms with Crippen molar-refractivity contribution in [1.82, 2.24) is 9.55 Å². The van der Waals surface area contributed by atoms with Crippen molar-refractivity contribution in [1.29, 1.82) is 0 Å². The van der Waals surface area contributed by atoms with Crippen LogP contribution in [0.4, 0.5) is 0 Å². The summed E-state index contributed by atoms with van der Waals surface area (Å²) in [7, 11) is 0. The molecule has 0 N–H and O–H groups in total. The minimum absolute atomic E-state index is 0.0730. The highest BCUT2D eigenvalue weighted by atomic mass is 79.9. The number of halogens is 1. The van der Waals surface area contributed by atoms with E-state index in [9.17, 15) is 4.79 Å². The first kappa shape index (κ1) is 9.09. The van der Waals surface area contributed by atoms with Gasteiger partial charge in [-0.1, -0.05) is 6.07 Å². The van der Waals surface area contributed by atoms with Gasteiger partial charge in [-0.25, -0.2) is 4.98 Å². The van der Waals surface area contributed by atoms with E-state index < -0.39 is 0 Å². The van der Waals surface area contributed by atoms with E-state index in [2.05, 4.69) is 20.9 Å². The summed E-state index contributed by atoms with van der Waals surface area (Å²) in [4.78, 5) is 16.4. The lowest BCUT2D eigenvalue weighted by Gasteiger charge is -2.04. The standard InChI is InChI=1S/C11H9BrN2O/c12-9-3-1-2-8-10(9)13-6-14(11(8)15)7-4-5-7/h1-3,6-7H,4-5H2. The Bertz CT molecular complexity index is 587. The third-order valence-corrected chi connectivity index (χ3v) is 3.34. The van der Waals surface area contributed by atoms with Crippen LogP contribution in [0.2, 0.25) is 0 Å². The summed E-state index contributed by atoms with van der Waals surface area (Å²) in [5, 5.41) is 0.693. The Labute approximate surface area is 94.9 Å². The molecular formula is C11H9BrN2O. The summed E-state index contributed by atoms with van der Waals surface area (Å²) in [6, 6.07) is 5.98. The molecule has 0 unspecified atom stereocenters. The minimum Gasteiger partial charge on any atom is -0.296 e. The maximum atomic E-state index is 12.1. The van der Waals surface area contributed by atoms with Crippen molar-refractivity contribution in [3.8, 4) is 0 Å². The number of fused-ring (bicyclic) bond motifs is 1. The highest BCUT2D eigenvalue weighted by molar-refractivity contribution is 9.10. The maximum Gasteiger partial charge on any atom is 0.261 e. The van der Waals surface area contributed by atoms with Crippen LogP contribution in [0, 0.1) is 0 Å². The second kappa shape index (κ2) is 3.17. The van der Waals surface area contributed by atoms with E-state index in [1.807, 2.05) is 18.2 Å². The number of benzene rings is 1. The molecule has 3 rings (SSSR count). The van der Waals surface area contributed by atoms with Gasteiger partial charge in [-0.15, -0.1) is 0 Å². The highest BCUT2D eigenvalue weighted by Gasteiger charge is 2.25. The fourth-order valence-electron chi connectivity index (χ4n) is 1.74. The smallest absolute Gasteiger partial charge is 0.261 e. The molecule has 0 amide bonds. The first-order valence-corrected chi connectivity index (χ1v) is 5.72. The van der Waals surface area contributed by atoms with Gasteiger partial charge in [-0.05, 0) is 40.9 Å². The predicted octanol–water partition coefficient (Wildman–Crippen LogP) is 2.49. The topological polar surface area (TPSA) is 34.9 Å². The van der Waals surface area contributed by atoms with Crippen LogP contribution in [0.3, 0.4) is 0 Å². The summed E-state index contributed by atoms with van der Waals surface area (Å²) < 4.78 is 2.62. The first-order chi connectivity index (χ1) is 7.27. The first-order valence-electron chi connectivity index (χ1n) is 4.93. The van der Waals surface area contributed by atoms with Crippen LogP contribution in [-0.4, -0.2) is 9.55 Å². The van der Waals surface area contributed by atoms with Gasteiger partial charge in [0.2, 0.25) is 0 Å². The Balaban J connectivity index is 2.37. The van der Waals surface area contributed by atoms with E-state index in [0.29, 0.717) is 11.4 Å². The summed E-state index contributed by atoms with van der Waals surface area (Å²) in [6.07, 6.45) is 3.86. The van der Waals surface area contributed by atoms with Crippen LogP contribution in [-0.2, 0) is 0 Å². The molecular weight excluding hydrogens is 256 g/mol. The van der Waals surface area contributed by atoms with E-state index in [4.69, 9.17) is 0 Å². The maximum absolute atomic E-state index is 12.1. The molecule has 15 heavy (non-hydrogen) atoms. The van der Waals surface area contributed by atoms with Gasteiger partial charge in [0.1, 0.15) is 0 Å². The lowest BCUT2D eigenvalue weighted by atomic mass is 10.2. The lowest BCUT2D eigenvalue weighted by molar-refractivity contribution is 0.698. The van der Waals surface area contributed by atoms with Crippen LogP contribution >= 0.6 is 15.9 Å². The van der Waals surface area contributed by atoms with Gasteiger partial charge in [0, 0.05) is 10.5 Å². The number of para-hydroxylation sites is 1. The summed E-state index contributed by atoms with van der Waals surface area (Å²) >= 11 is 3.40. The predicted molar refractivity (Wildman–Crippen MR) is 62.0 cm³/mol. The number of aromatic nitrogens is 2. The molecule has 0 spiro atoms. The van der Waals surface area contributed by atoms with Crippen LogP contribution in [0.5, 0.6) is 0 Å². The zero-order valence-electron chi connectivity index (χ0n) is 7.98. The van der Waals surface area contributed by atoms with Crippen molar-refractivity contribution in [3.05, 3.63) is 39.4 Å². The van der Waals surface area contributed by atoms with Gasteiger partial charge in [0.15, 0.2) is 0 Å². The van der Waals surface area contributed by atoms with Gasteiger partial charge in [-0.3, -0.25) is 9.36 Å². The average molecular weight is 265 g/mol. The highest BCUT2D eigenvalue weighted by Crippen LogP contribution is 2.33. The van der Waals surface area contributed by atoms with Gasteiger partial charge in [0.25, 0.3) is 5.56 Å². The van der Waals surface area contributed by atoms with Gasteiger partial charge < -0.3 is 0 Å². The molecule has 1 aromatic heterocycles. The molecule has 0 aliphatic heterocycles. The van der Waals surface area contributed by atoms with Crippen LogP contribution in [0.1, 0.15) is 18.9 Å². The second-order valence-electron chi connectivity index (χ2n) is 3.82. The Morgan fingerprint density at radius 2 is 2.20 bits per heavy atom. The summed E-state index contributed by atoms with van der Waals surface area (Å²) in [5.41, 5.74) is 0.822. The van der Waals surface area contributed by atoms with Crippen LogP contribution in [0.25, 0.3) is 10.9 Å². The average Bonchev–Trinajstić information content (AvgIpc) is 3.03. The van der Waals surface area contributed by atoms with Crippen molar-refractivity contribution in [2.75, 3.05) is 0 Å². The van der Waals surface area contributed by atoms with E-state index >= 15 is 0 Å². The second-order valence-corrected chi connectivity index (χ2v) is 4.68. The molecule has 1 saturated carbocycles. The molecule has 0 saturated heterocycles. The molecule has 2 aromatic rings. The Hall–Kier alpha value is -1.16. The Kier molecular flexibility index (Phi) is 1.92. The fraction of sp³-hybridized carbons (Fsp3) is 0.273. The van der Waals surface area contributed by atoms with Crippen LogP contribution < -0.4 is 5.56 Å². The van der Waals surface area contributed by atoms with E-state index in [1.54, 1.807) is 10.9 Å². The normalized spacial score (nSPS) is 15.8. The monoisotopic (exact) mass is 264 g/mol. The SMILES string of the molecule is O=c1c2cccc(Br)c2ncn1C1CC1. The number of hydrogen-bond donors (Lipinski definition) is 0. The number of hydrogen-bond acceptors (Lipinski definition) is 2. The summed E-state index contributed by atoms with van der Waals surface area (Å²) in [6.45, 7) is 0. The summed E-state index contributed by atoms with van der Waals surface area (Å²) in [5.74, 6) is 0. The van der Waals surface area contributed by atoms with Crippen molar-refractivity contribution >= 4 is 26.8 Å². The molecule has 1 heterocycles. The fourth-order valence-corrected chi connectivity index (χ4v) is 2.21. The molecule has 1 aliphatic carbocycles. The molecule has 4 heteroatoms. The zero-order chi connectivity index (χ0) is 10.4. The van der Waals surface area contributed by atoms with Gasteiger partial charge in [-0.2, -0.15) is 0 Å². The third-order valence-electron chi connectivity index (χ3n) is 2.70. The van der Waals surface area contributed by atoms with Gasteiger partial charge >= 0.3 is 0 Å². The van der Waals surface area contributed by atoms with Crippen molar-refractivity contribution < 1.29 is 0 Å². The Morgan fingerprint density at radius 3 is 2.93 bits per heavy atom. The minimum atomic E-state index is 0.0730. The van der Waals surface area contributed by atoms with Crippen molar-refractivity contribution in [2.24, 2.45) is 0 Å². The van der Waals surface area contributed by atoms with Crippen LogP contribution in [0.15, 0.2) is 33.8 Å². The van der Waals surface area contributed by atoms with E-state index in [0.717, 1.165) is 22.8 Å². The number of rotatable bonds is 1. The molecule has 0 radical (unpaired) electrons. The molecule has 1 aromatic carbocycles. The third kappa shape index (κ3) is 1.40. The number of nitrogens with zero attached hydrogens (tertiary/aromatic N) is 2. The molecule has 0 atom stereocenters.